The van der Waals surface area contributed by atoms with Gasteiger partial charge in [-0.05, 0) is 36.3 Å². The number of H-pyrrole nitrogens is 1. The van der Waals surface area contributed by atoms with Crippen molar-refractivity contribution in [3.8, 4) is 11.5 Å². The van der Waals surface area contributed by atoms with Gasteiger partial charge in [-0.15, -0.1) is 0 Å². The minimum Gasteiger partial charge on any atom is -0.493 e. The van der Waals surface area contributed by atoms with Gasteiger partial charge >= 0.3 is 0 Å². The molecule has 108 valence electrons. The number of rotatable bonds is 6. The Morgan fingerprint density at radius 2 is 2.05 bits per heavy atom. The fourth-order valence-corrected chi connectivity index (χ4v) is 2.22. The molecule has 2 rings (SSSR count). The number of nitrogens with zero attached hydrogens (tertiary/aromatic N) is 2. The fraction of sp³-hybridized carbons (Fsp3) is 0.385. The number of nitrogens with one attached hydrogen (secondary N) is 1. The zero-order valence-corrected chi connectivity index (χ0v) is 12.2. The number of ether oxygens (including phenoxy) is 2. The van der Waals surface area contributed by atoms with Crippen molar-refractivity contribution in [2.24, 2.45) is 0 Å². The molecule has 0 aliphatic heterocycles. The van der Waals surface area contributed by atoms with Gasteiger partial charge in [0.15, 0.2) is 22.1 Å². The maximum absolute atomic E-state index is 9.19. The molecule has 2 N–H and O–H groups in total. The predicted octanol–water partition coefficient (Wildman–Crippen LogP) is 1.69. The average molecular weight is 295 g/mol. The molecule has 0 aliphatic rings. The summed E-state index contributed by atoms with van der Waals surface area (Å²) < 4.78 is 12.8. The Hall–Kier alpha value is -1.86. The molecule has 1 heterocycles. The van der Waals surface area contributed by atoms with E-state index in [0.29, 0.717) is 28.6 Å². The SMILES string of the molecule is COc1ccc(CCn2c(CO)n[nH]c2=S)cc1OC. The minimum absolute atomic E-state index is 0.140. The molecule has 6 nitrogen and oxygen atoms in total. The van der Waals surface area contributed by atoms with E-state index in [-0.39, 0.29) is 6.61 Å². The molecule has 0 atom stereocenters. The first kappa shape index (κ1) is 14.5. The molecule has 0 bridgehead atoms. The first-order valence-electron chi connectivity index (χ1n) is 6.15. The molecule has 1 aromatic heterocycles. The monoisotopic (exact) mass is 295 g/mol. The Morgan fingerprint density at radius 3 is 2.70 bits per heavy atom. The number of aliphatic hydroxyl groups is 1. The number of hydrogen-bond donors (Lipinski definition) is 2. The van der Waals surface area contributed by atoms with Crippen molar-refractivity contribution < 1.29 is 14.6 Å². The van der Waals surface area contributed by atoms with Crippen LogP contribution in [0.15, 0.2) is 18.2 Å². The Kier molecular flexibility index (Phi) is 4.75. The quantitative estimate of drug-likeness (QED) is 0.794. The summed E-state index contributed by atoms with van der Waals surface area (Å²) in [5.41, 5.74) is 1.09. The number of hydrogen-bond acceptors (Lipinski definition) is 5. The van der Waals surface area contributed by atoms with Gasteiger partial charge in [0.1, 0.15) is 6.61 Å². The van der Waals surface area contributed by atoms with Crippen LogP contribution in [0.1, 0.15) is 11.4 Å². The molecule has 1 aromatic carbocycles. The van der Waals surface area contributed by atoms with Crippen LogP contribution >= 0.6 is 12.2 Å². The molecular formula is C13H17N3O3S. The highest BCUT2D eigenvalue weighted by molar-refractivity contribution is 7.71. The van der Waals surface area contributed by atoms with Crippen molar-refractivity contribution in [3.63, 3.8) is 0 Å². The predicted molar refractivity (Wildman–Crippen MR) is 76.6 cm³/mol. The van der Waals surface area contributed by atoms with Crippen LogP contribution in [-0.2, 0) is 19.6 Å². The molecule has 0 spiro atoms. The highest BCUT2D eigenvalue weighted by Gasteiger charge is 2.07. The van der Waals surface area contributed by atoms with Crippen LogP contribution in [-0.4, -0.2) is 34.1 Å². The minimum atomic E-state index is -0.140. The second-order valence-electron chi connectivity index (χ2n) is 4.19. The largest absolute Gasteiger partial charge is 0.493 e. The average Bonchev–Trinajstić information content (AvgIpc) is 2.85. The lowest BCUT2D eigenvalue weighted by atomic mass is 10.1. The van der Waals surface area contributed by atoms with Gasteiger partial charge in [-0.25, -0.2) is 0 Å². The lowest BCUT2D eigenvalue weighted by Gasteiger charge is -2.10. The van der Waals surface area contributed by atoms with Crippen molar-refractivity contribution in [3.05, 3.63) is 34.4 Å². The Bertz CT molecular complexity index is 636. The Morgan fingerprint density at radius 1 is 1.30 bits per heavy atom. The van der Waals surface area contributed by atoms with Gasteiger partial charge in [0.2, 0.25) is 0 Å². The number of aromatic amines is 1. The molecule has 0 radical (unpaired) electrons. The first-order chi connectivity index (χ1) is 9.69. The summed E-state index contributed by atoms with van der Waals surface area (Å²) >= 11 is 5.13. The maximum Gasteiger partial charge on any atom is 0.195 e. The van der Waals surface area contributed by atoms with Crippen molar-refractivity contribution in [1.29, 1.82) is 0 Å². The van der Waals surface area contributed by atoms with Gasteiger partial charge in [-0.1, -0.05) is 6.07 Å². The van der Waals surface area contributed by atoms with Crippen molar-refractivity contribution >= 4 is 12.2 Å². The lowest BCUT2D eigenvalue weighted by Crippen LogP contribution is -2.06. The first-order valence-corrected chi connectivity index (χ1v) is 6.56. The summed E-state index contributed by atoms with van der Waals surface area (Å²) in [7, 11) is 3.22. The van der Waals surface area contributed by atoms with Crippen LogP contribution in [0.3, 0.4) is 0 Å². The highest BCUT2D eigenvalue weighted by atomic mass is 32.1. The molecular weight excluding hydrogens is 278 g/mol. The number of aryl methyl sites for hydroxylation is 1. The van der Waals surface area contributed by atoms with Crippen LogP contribution in [0.2, 0.25) is 0 Å². The second kappa shape index (κ2) is 6.53. The van der Waals surface area contributed by atoms with Gasteiger partial charge in [0, 0.05) is 6.54 Å². The van der Waals surface area contributed by atoms with Gasteiger partial charge in [0.25, 0.3) is 0 Å². The summed E-state index contributed by atoms with van der Waals surface area (Å²) in [5, 5.41) is 15.8. The molecule has 0 aliphatic carbocycles. The normalized spacial score (nSPS) is 10.6. The number of aromatic nitrogens is 3. The van der Waals surface area contributed by atoms with Gasteiger partial charge in [-0.2, -0.15) is 5.10 Å². The third-order valence-electron chi connectivity index (χ3n) is 3.05. The van der Waals surface area contributed by atoms with Crippen molar-refractivity contribution in [1.82, 2.24) is 14.8 Å². The van der Waals surface area contributed by atoms with Crippen LogP contribution < -0.4 is 9.47 Å². The number of benzene rings is 1. The third kappa shape index (κ3) is 3.00. The molecule has 0 amide bonds. The van der Waals surface area contributed by atoms with Crippen LogP contribution in [0.4, 0.5) is 0 Å². The molecule has 0 saturated heterocycles. The van der Waals surface area contributed by atoms with E-state index in [1.807, 2.05) is 18.2 Å². The Balaban J connectivity index is 2.15. The van der Waals surface area contributed by atoms with E-state index >= 15 is 0 Å². The topological polar surface area (TPSA) is 72.3 Å². The van der Waals surface area contributed by atoms with Gasteiger partial charge < -0.3 is 19.1 Å². The third-order valence-corrected chi connectivity index (χ3v) is 3.36. The van der Waals surface area contributed by atoms with Crippen LogP contribution in [0, 0.1) is 4.77 Å². The zero-order chi connectivity index (χ0) is 14.5. The lowest BCUT2D eigenvalue weighted by molar-refractivity contribution is 0.264. The van der Waals surface area contributed by atoms with Gasteiger partial charge in [0.05, 0.1) is 14.2 Å². The number of methoxy groups -OCH3 is 2. The summed E-state index contributed by atoms with van der Waals surface area (Å²) in [4.78, 5) is 0. The maximum atomic E-state index is 9.19. The fourth-order valence-electron chi connectivity index (χ4n) is 1.98. The van der Waals surface area contributed by atoms with E-state index in [2.05, 4.69) is 10.2 Å². The van der Waals surface area contributed by atoms with Gasteiger partial charge in [-0.3, -0.25) is 5.10 Å². The summed E-state index contributed by atoms with van der Waals surface area (Å²) in [6, 6.07) is 5.78. The van der Waals surface area contributed by atoms with Crippen molar-refractivity contribution in [2.75, 3.05) is 14.2 Å². The summed E-state index contributed by atoms with van der Waals surface area (Å²) in [5.74, 6) is 1.94. The van der Waals surface area contributed by atoms with E-state index in [0.717, 1.165) is 12.0 Å². The molecule has 0 saturated carbocycles. The smallest absolute Gasteiger partial charge is 0.195 e. The molecule has 0 fully saturated rings. The number of aliphatic hydroxyl groups excluding tert-OH is 1. The summed E-state index contributed by atoms with van der Waals surface area (Å²) in [6.45, 7) is 0.500. The Labute approximate surface area is 122 Å². The molecule has 0 unspecified atom stereocenters. The van der Waals surface area contributed by atoms with E-state index in [1.165, 1.54) is 0 Å². The molecule has 20 heavy (non-hydrogen) atoms. The van der Waals surface area contributed by atoms with Crippen LogP contribution in [0.5, 0.6) is 11.5 Å². The van der Waals surface area contributed by atoms with Crippen molar-refractivity contribution in [2.45, 2.75) is 19.6 Å². The highest BCUT2D eigenvalue weighted by Crippen LogP contribution is 2.27. The van der Waals surface area contributed by atoms with E-state index < -0.39 is 0 Å². The van der Waals surface area contributed by atoms with E-state index in [4.69, 9.17) is 21.7 Å². The molecule has 7 heteroatoms. The standard InChI is InChI=1S/C13H17N3O3S/c1-18-10-4-3-9(7-11(10)19-2)5-6-16-12(8-17)14-15-13(16)20/h3-4,7,17H,5-6,8H2,1-2H3,(H,15,20). The van der Waals surface area contributed by atoms with E-state index in [1.54, 1.807) is 18.8 Å². The summed E-state index contributed by atoms with van der Waals surface area (Å²) in [6.07, 6.45) is 0.751. The second-order valence-corrected chi connectivity index (χ2v) is 4.58. The zero-order valence-electron chi connectivity index (χ0n) is 11.4. The van der Waals surface area contributed by atoms with Crippen LogP contribution in [0.25, 0.3) is 0 Å². The van der Waals surface area contributed by atoms with E-state index in [9.17, 15) is 5.11 Å². The molecule has 2 aromatic rings.